The molecule has 2 aromatic carbocycles. The Morgan fingerprint density at radius 2 is 2.04 bits per heavy atom. The fraction of sp³-hybridized carbons (Fsp3) is 0.389. The van der Waals surface area contributed by atoms with Gasteiger partial charge in [-0.1, -0.05) is 36.4 Å². The molecule has 1 saturated heterocycles. The van der Waals surface area contributed by atoms with E-state index < -0.39 is 12.3 Å². The summed E-state index contributed by atoms with van der Waals surface area (Å²) in [5.74, 6) is 0. The molecule has 0 aliphatic carbocycles. The van der Waals surface area contributed by atoms with E-state index in [-0.39, 0.29) is 12.1 Å². The summed E-state index contributed by atoms with van der Waals surface area (Å²) in [4.78, 5) is 13.3. The summed E-state index contributed by atoms with van der Waals surface area (Å²) < 4.78 is 4.61. The van der Waals surface area contributed by atoms with Crippen molar-refractivity contribution < 1.29 is 14.6 Å². The van der Waals surface area contributed by atoms with Gasteiger partial charge in [0.05, 0.1) is 13.2 Å². The zero-order chi connectivity index (χ0) is 16.4. The number of carbonyl (C=O) groups excluding carboxylic acids is 1. The summed E-state index contributed by atoms with van der Waals surface area (Å²) in [6.45, 7) is 2.80. The highest BCUT2D eigenvalue weighted by Gasteiger charge is 2.36. The predicted molar refractivity (Wildman–Crippen MR) is 89.0 cm³/mol. The van der Waals surface area contributed by atoms with Gasteiger partial charge < -0.3 is 15.2 Å². The standard InChI is InChI=1S/C18H22N2O3/c1-12(14-8-7-13-5-3-4-6-15(13)11-14)20-10-9-16(17(20)21)19-18(22)23-2/h3-8,11-12,16-17,21H,9-10H2,1-2H3,(H,19,22). The van der Waals surface area contributed by atoms with Gasteiger partial charge in [-0.05, 0) is 35.7 Å². The highest BCUT2D eigenvalue weighted by molar-refractivity contribution is 5.83. The third-order valence-electron chi connectivity index (χ3n) is 4.64. The van der Waals surface area contributed by atoms with Crippen LogP contribution in [-0.4, -0.2) is 42.0 Å². The van der Waals surface area contributed by atoms with Crippen molar-refractivity contribution in [1.82, 2.24) is 10.2 Å². The van der Waals surface area contributed by atoms with E-state index in [1.165, 1.54) is 17.9 Å². The van der Waals surface area contributed by atoms with Crippen molar-refractivity contribution in [1.29, 1.82) is 0 Å². The second kappa shape index (κ2) is 6.56. The van der Waals surface area contributed by atoms with Gasteiger partial charge in [0.2, 0.25) is 0 Å². The van der Waals surface area contributed by atoms with Crippen LogP contribution in [0.3, 0.4) is 0 Å². The molecule has 3 unspecified atom stereocenters. The maximum absolute atomic E-state index is 11.3. The third kappa shape index (κ3) is 3.16. The maximum atomic E-state index is 11.3. The molecule has 122 valence electrons. The predicted octanol–water partition coefficient (Wildman–Crippen LogP) is 2.65. The zero-order valence-corrected chi connectivity index (χ0v) is 13.4. The van der Waals surface area contributed by atoms with Gasteiger partial charge in [-0.25, -0.2) is 4.79 Å². The van der Waals surface area contributed by atoms with Crippen LogP contribution in [0, 0.1) is 0 Å². The van der Waals surface area contributed by atoms with Gasteiger partial charge in [0.25, 0.3) is 0 Å². The molecule has 5 heteroatoms. The third-order valence-corrected chi connectivity index (χ3v) is 4.64. The molecule has 1 amide bonds. The molecule has 0 spiro atoms. The van der Waals surface area contributed by atoms with Gasteiger partial charge in [-0.3, -0.25) is 4.90 Å². The van der Waals surface area contributed by atoms with Gasteiger partial charge in [0.1, 0.15) is 6.23 Å². The number of benzene rings is 2. The average Bonchev–Trinajstić information content (AvgIpc) is 2.94. The lowest BCUT2D eigenvalue weighted by Gasteiger charge is -2.29. The first kappa shape index (κ1) is 15.8. The van der Waals surface area contributed by atoms with E-state index in [0.717, 1.165) is 12.1 Å². The summed E-state index contributed by atoms with van der Waals surface area (Å²) in [5, 5.41) is 15.6. The molecule has 1 aliphatic heterocycles. The van der Waals surface area contributed by atoms with Crippen LogP contribution in [0.5, 0.6) is 0 Å². The van der Waals surface area contributed by atoms with Crippen molar-refractivity contribution in [2.75, 3.05) is 13.7 Å². The van der Waals surface area contributed by atoms with Crippen LogP contribution in [-0.2, 0) is 4.74 Å². The number of ether oxygens (including phenoxy) is 1. The highest BCUT2D eigenvalue weighted by atomic mass is 16.5. The first-order valence-electron chi connectivity index (χ1n) is 7.87. The number of alkyl carbamates (subject to hydrolysis) is 1. The molecule has 1 heterocycles. The van der Waals surface area contributed by atoms with Gasteiger partial charge in [-0.15, -0.1) is 0 Å². The number of amides is 1. The Morgan fingerprint density at radius 3 is 2.78 bits per heavy atom. The first-order valence-corrected chi connectivity index (χ1v) is 7.87. The zero-order valence-electron chi connectivity index (χ0n) is 13.4. The molecule has 1 fully saturated rings. The molecular weight excluding hydrogens is 292 g/mol. The fourth-order valence-corrected chi connectivity index (χ4v) is 3.24. The van der Waals surface area contributed by atoms with Crippen LogP contribution in [0.25, 0.3) is 10.8 Å². The Kier molecular flexibility index (Phi) is 4.50. The summed E-state index contributed by atoms with van der Waals surface area (Å²) in [5.41, 5.74) is 1.15. The number of rotatable bonds is 3. The van der Waals surface area contributed by atoms with E-state index in [4.69, 9.17) is 0 Å². The number of aliphatic hydroxyl groups excluding tert-OH is 1. The average molecular weight is 314 g/mol. The van der Waals surface area contributed by atoms with Crippen molar-refractivity contribution in [3.05, 3.63) is 48.0 Å². The van der Waals surface area contributed by atoms with Crippen molar-refractivity contribution >= 4 is 16.9 Å². The molecular formula is C18H22N2O3. The number of methoxy groups -OCH3 is 1. The SMILES string of the molecule is COC(=O)NC1CCN(C(C)c2ccc3ccccc3c2)C1O. The van der Waals surface area contributed by atoms with E-state index in [1.54, 1.807) is 0 Å². The molecule has 0 radical (unpaired) electrons. The minimum Gasteiger partial charge on any atom is -0.453 e. The van der Waals surface area contributed by atoms with E-state index >= 15 is 0 Å². The molecule has 2 N–H and O–H groups in total. The number of aliphatic hydroxyl groups is 1. The number of nitrogens with zero attached hydrogens (tertiary/aromatic N) is 1. The van der Waals surface area contributed by atoms with Crippen LogP contribution in [0.1, 0.15) is 24.9 Å². The summed E-state index contributed by atoms with van der Waals surface area (Å²) >= 11 is 0. The van der Waals surface area contributed by atoms with Crippen molar-refractivity contribution in [2.45, 2.75) is 31.7 Å². The van der Waals surface area contributed by atoms with Crippen LogP contribution in [0.2, 0.25) is 0 Å². The number of likely N-dealkylation sites (tertiary alicyclic amines) is 1. The molecule has 23 heavy (non-hydrogen) atoms. The van der Waals surface area contributed by atoms with E-state index in [0.29, 0.717) is 6.42 Å². The Bertz CT molecular complexity index is 703. The molecule has 2 aromatic rings. The minimum absolute atomic E-state index is 0.0686. The Morgan fingerprint density at radius 1 is 1.30 bits per heavy atom. The Balaban J connectivity index is 1.76. The van der Waals surface area contributed by atoms with Crippen LogP contribution in [0.4, 0.5) is 4.79 Å². The smallest absolute Gasteiger partial charge is 0.407 e. The second-order valence-electron chi connectivity index (χ2n) is 5.97. The molecule has 0 aromatic heterocycles. The summed E-state index contributed by atoms with van der Waals surface area (Å²) in [6, 6.07) is 14.4. The van der Waals surface area contributed by atoms with Gasteiger partial charge >= 0.3 is 6.09 Å². The first-order chi connectivity index (χ1) is 11.1. The van der Waals surface area contributed by atoms with Gasteiger partial charge in [0, 0.05) is 12.6 Å². The summed E-state index contributed by atoms with van der Waals surface area (Å²) in [6.07, 6.45) is -0.515. The van der Waals surface area contributed by atoms with Gasteiger partial charge in [-0.2, -0.15) is 0 Å². The number of carbonyl (C=O) groups is 1. The maximum Gasteiger partial charge on any atom is 0.407 e. The molecule has 0 saturated carbocycles. The van der Waals surface area contributed by atoms with Gasteiger partial charge in [0.15, 0.2) is 0 Å². The van der Waals surface area contributed by atoms with E-state index in [1.807, 2.05) is 17.0 Å². The Labute approximate surface area is 135 Å². The number of nitrogens with one attached hydrogen (secondary N) is 1. The van der Waals surface area contributed by atoms with E-state index in [2.05, 4.69) is 47.3 Å². The van der Waals surface area contributed by atoms with Crippen molar-refractivity contribution in [3.8, 4) is 0 Å². The fourth-order valence-electron chi connectivity index (χ4n) is 3.24. The monoisotopic (exact) mass is 314 g/mol. The molecule has 5 nitrogen and oxygen atoms in total. The largest absolute Gasteiger partial charge is 0.453 e. The topological polar surface area (TPSA) is 61.8 Å². The molecule has 1 aliphatic rings. The second-order valence-corrected chi connectivity index (χ2v) is 5.97. The number of hydrogen-bond donors (Lipinski definition) is 2. The Hall–Kier alpha value is -2.11. The van der Waals surface area contributed by atoms with Crippen molar-refractivity contribution in [2.24, 2.45) is 0 Å². The summed E-state index contributed by atoms with van der Waals surface area (Å²) in [7, 11) is 1.33. The number of fused-ring (bicyclic) bond motifs is 1. The lowest BCUT2D eigenvalue weighted by molar-refractivity contribution is -0.00273. The van der Waals surface area contributed by atoms with Crippen LogP contribution in [0.15, 0.2) is 42.5 Å². The molecule has 3 rings (SSSR count). The van der Waals surface area contributed by atoms with E-state index in [9.17, 15) is 9.90 Å². The lowest BCUT2D eigenvalue weighted by Crippen LogP contribution is -2.45. The molecule has 0 bridgehead atoms. The lowest BCUT2D eigenvalue weighted by atomic mass is 10.0. The minimum atomic E-state index is -0.712. The molecule has 3 atom stereocenters. The van der Waals surface area contributed by atoms with Crippen molar-refractivity contribution in [3.63, 3.8) is 0 Å². The van der Waals surface area contributed by atoms with Crippen LogP contribution < -0.4 is 5.32 Å². The highest BCUT2D eigenvalue weighted by Crippen LogP contribution is 2.30. The normalized spacial score (nSPS) is 22.9. The quantitative estimate of drug-likeness (QED) is 0.914. The van der Waals surface area contributed by atoms with Crippen LogP contribution >= 0.6 is 0 Å². The number of hydrogen-bond acceptors (Lipinski definition) is 4.